The molecule has 0 fully saturated rings. The van der Waals surface area contributed by atoms with Crippen LogP contribution < -0.4 is 5.32 Å². The lowest BCUT2D eigenvalue weighted by Gasteiger charge is -2.22. The summed E-state index contributed by atoms with van der Waals surface area (Å²) in [5.74, 6) is 0. The fourth-order valence-electron chi connectivity index (χ4n) is 2.66. The molecule has 1 atom stereocenters. The van der Waals surface area contributed by atoms with Gasteiger partial charge in [0, 0.05) is 4.47 Å². The van der Waals surface area contributed by atoms with Crippen LogP contribution in [0.1, 0.15) is 50.6 Å². The van der Waals surface area contributed by atoms with Crippen molar-refractivity contribution in [2.24, 2.45) is 0 Å². The molecule has 0 heterocycles. The maximum absolute atomic E-state index is 3.63. The molecular weight excluding hydrogens is 286 g/mol. The third-order valence-electron chi connectivity index (χ3n) is 3.54. The maximum atomic E-state index is 3.63. The Hall–Kier alpha value is -0.600. The summed E-state index contributed by atoms with van der Waals surface area (Å²) in [6.45, 7) is 3.19. The first kappa shape index (κ1) is 13.8. The highest BCUT2D eigenvalue weighted by Gasteiger charge is 2.16. The molecule has 2 heteroatoms. The van der Waals surface area contributed by atoms with Crippen molar-refractivity contribution in [1.82, 2.24) is 5.32 Å². The van der Waals surface area contributed by atoms with Gasteiger partial charge in [0.1, 0.15) is 0 Å². The van der Waals surface area contributed by atoms with Crippen LogP contribution in [0.15, 0.2) is 40.4 Å². The van der Waals surface area contributed by atoms with Crippen molar-refractivity contribution >= 4 is 15.9 Å². The Morgan fingerprint density at radius 1 is 1.28 bits per heavy atom. The zero-order valence-electron chi connectivity index (χ0n) is 11.1. The van der Waals surface area contributed by atoms with E-state index < -0.39 is 0 Å². The van der Waals surface area contributed by atoms with Gasteiger partial charge in [0.15, 0.2) is 0 Å². The van der Waals surface area contributed by atoms with E-state index in [9.17, 15) is 0 Å². The van der Waals surface area contributed by atoms with Gasteiger partial charge in [-0.15, -0.1) is 0 Å². The van der Waals surface area contributed by atoms with E-state index in [1.165, 1.54) is 37.7 Å². The minimum Gasteiger partial charge on any atom is -0.307 e. The second-order valence-corrected chi connectivity index (χ2v) is 5.84. The van der Waals surface area contributed by atoms with Gasteiger partial charge in [-0.05, 0) is 49.9 Å². The molecule has 18 heavy (non-hydrogen) atoms. The molecule has 0 amide bonds. The van der Waals surface area contributed by atoms with Gasteiger partial charge in [-0.3, -0.25) is 0 Å². The van der Waals surface area contributed by atoms with Crippen LogP contribution in [0.2, 0.25) is 0 Å². The average Bonchev–Trinajstić information content (AvgIpc) is 2.64. The number of hydrogen-bond acceptors (Lipinski definition) is 1. The van der Waals surface area contributed by atoms with Gasteiger partial charge >= 0.3 is 0 Å². The molecule has 0 bridgehead atoms. The number of allylic oxidation sites excluding steroid dienone is 1. The summed E-state index contributed by atoms with van der Waals surface area (Å²) >= 11 is 3.57. The van der Waals surface area contributed by atoms with Gasteiger partial charge in [0.25, 0.3) is 0 Å². The van der Waals surface area contributed by atoms with Crippen molar-refractivity contribution < 1.29 is 0 Å². The van der Waals surface area contributed by atoms with Gasteiger partial charge in [-0.1, -0.05) is 53.1 Å². The molecule has 1 aromatic rings. The smallest absolute Gasteiger partial charge is 0.0536 e. The van der Waals surface area contributed by atoms with E-state index in [1.54, 1.807) is 5.57 Å². The van der Waals surface area contributed by atoms with Gasteiger partial charge < -0.3 is 5.32 Å². The van der Waals surface area contributed by atoms with Gasteiger partial charge in [0.2, 0.25) is 0 Å². The summed E-state index contributed by atoms with van der Waals surface area (Å²) in [5.41, 5.74) is 2.95. The van der Waals surface area contributed by atoms with E-state index in [0.29, 0.717) is 6.04 Å². The van der Waals surface area contributed by atoms with Crippen molar-refractivity contribution in [3.8, 4) is 0 Å². The van der Waals surface area contributed by atoms with Gasteiger partial charge in [-0.25, -0.2) is 0 Å². The molecule has 1 aliphatic rings. The molecule has 0 saturated heterocycles. The largest absolute Gasteiger partial charge is 0.307 e. The third-order valence-corrected chi connectivity index (χ3v) is 4.03. The second kappa shape index (κ2) is 7.10. The highest BCUT2D eigenvalue weighted by atomic mass is 79.9. The number of benzene rings is 1. The monoisotopic (exact) mass is 307 g/mol. The molecule has 1 aromatic carbocycles. The van der Waals surface area contributed by atoms with Crippen molar-refractivity contribution in [2.45, 2.75) is 45.1 Å². The number of nitrogens with one attached hydrogen (secondary N) is 1. The fraction of sp³-hybridized carbons (Fsp3) is 0.500. The maximum Gasteiger partial charge on any atom is 0.0536 e. The molecule has 98 valence electrons. The predicted octanol–water partition coefficient (Wildman–Crippen LogP) is 4.99. The van der Waals surface area contributed by atoms with E-state index in [1.807, 2.05) is 0 Å². The summed E-state index contributed by atoms with van der Waals surface area (Å²) in [6.07, 6.45) is 9.00. The van der Waals surface area contributed by atoms with Crippen LogP contribution in [0.3, 0.4) is 0 Å². The van der Waals surface area contributed by atoms with Crippen molar-refractivity contribution in [3.05, 3.63) is 46.0 Å². The van der Waals surface area contributed by atoms with E-state index in [0.717, 1.165) is 11.0 Å². The Morgan fingerprint density at radius 3 is 2.94 bits per heavy atom. The lowest BCUT2D eigenvalue weighted by Crippen LogP contribution is -2.22. The number of hydrogen-bond donors (Lipinski definition) is 1. The molecule has 0 aliphatic heterocycles. The Kier molecular flexibility index (Phi) is 5.45. The predicted molar refractivity (Wildman–Crippen MR) is 81.7 cm³/mol. The normalized spacial score (nSPS) is 18.0. The number of likely N-dealkylation sites (N-methyl/N-ethyl adjacent to an activating group) is 1. The lowest BCUT2D eigenvalue weighted by molar-refractivity contribution is 0.589. The quantitative estimate of drug-likeness (QED) is 0.773. The van der Waals surface area contributed by atoms with Crippen molar-refractivity contribution in [3.63, 3.8) is 0 Å². The van der Waals surface area contributed by atoms with Crippen LogP contribution >= 0.6 is 15.9 Å². The molecular formula is C16H22BrN. The summed E-state index contributed by atoms with van der Waals surface area (Å²) in [7, 11) is 0. The molecule has 0 spiro atoms. The summed E-state index contributed by atoms with van der Waals surface area (Å²) < 4.78 is 1.16. The summed E-state index contributed by atoms with van der Waals surface area (Å²) in [6, 6.07) is 9.07. The SMILES string of the molecule is CCNC(C1=CCCCCC1)c1cccc(Br)c1. The highest BCUT2D eigenvalue weighted by Crippen LogP contribution is 2.30. The molecule has 1 unspecified atom stereocenters. The van der Waals surface area contributed by atoms with Crippen LogP contribution in [-0.4, -0.2) is 6.54 Å². The fourth-order valence-corrected chi connectivity index (χ4v) is 3.07. The Bertz CT molecular complexity index is 411. The van der Waals surface area contributed by atoms with Gasteiger partial charge in [0.05, 0.1) is 6.04 Å². The Labute approximate surface area is 119 Å². The third kappa shape index (κ3) is 3.69. The minimum absolute atomic E-state index is 0.394. The zero-order chi connectivity index (χ0) is 12.8. The second-order valence-electron chi connectivity index (χ2n) is 4.92. The van der Waals surface area contributed by atoms with E-state index in [4.69, 9.17) is 0 Å². The minimum atomic E-state index is 0.394. The number of halogens is 1. The summed E-state index contributed by atoms with van der Waals surface area (Å²) in [4.78, 5) is 0. The molecule has 1 aliphatic carbocycles. The van der Waals surface area contributed by atoms with Crippen molar-refractivity contribution in [1.29, 1.82) is 0 Å². The molecule has 0 saturated carbocycles. The number of rotatable bonds is 4. The molecule has 0 radical (unpaired) electrons. The van der Waals surface area contributed by atoms with Gasteiger partial charge in [-0.2, -0.15) is 0 Å². The zero-order valence-corrected chi connectivity index (χ0v) is 12.7. The first-order valence-electron chi connectivity index (χ1n) is 6.99. The molecule has 1 nitrogen and oxygen atoms in total. The van der Waals surface area contributed by atoms with Crippen molar-refractivity contribution in [2.75, 3.05) is 6.54 Å². The van der Waals surface area contributed by atoms with E-state index >= 15 is 0 Å². The summed E-state index contributed by atoms with van der Waals surface area (Å²) in [5, 5.41) is 3.63. The highest BCUT2D eigenvalue weighted by molar-refractivity contribution is 9.10. The van der Waals surface area contributed by atoms with Crippen LogP contribution in [0.25, 0.3) is 0 Å². The first-order valence-corrected chi connectivity index (χ1v) is 7.78. The van der Waals surface area contributed by atoms with Crippen LogP contribution in [0, 0.1) is 0 Å². The standard InChI is InChI=1S/C16H22BrN/c1-2-18-16(13-8-5-3-4-6-9-13)14-10-7-11-15(17)12-14/h7-8,10-12,16,18H,2-6,9H2,1H3. The Balaban J connectivity index is 2.24. The molecule has 2 rings (SSSR count). The topological polar surface area (TPSA) is 12.0 Å². The van der Waals surface area contributed by atoms with E-state index in [2.05, 4.69) is 58.5 Å². The molecule has 1 N–H and O–H groups in total. The Morgan fingerprint density at radius 2 is 2.17 bits per heavy atom. The average molecular weight is 308 g/mol. The van der Waals surface area contributed by atoms with Crippen LogP contribution in [-0.2, 0) is 0 Å². The first-order chi connectivity index (χ1) is 8.81. The lowest BCUT2D eigenvalue weighted by atomic mass is 9.95. The molecule has 0 aromatic heterocycles. The van der Waals surface area contributed by atoms with Crippen LogP contribution in [0.5, 0.6) is 0 Å². The van der Waals surface area contributed by atoms with E-state index in [-0.39, 0.29) is 0 Å². The van der Waals surface area contributed by atoms with Crippen LogP contribution in [0.4, 0.5) is 0 Å².